The molecule has 0 aliphatic heterocycles. The van der Waals surface area contributed by atoms with E-state index in [1.807, 2.05) is 25.3 Å². The second-order valence-electron chi connectivity index (χ2n) is 5.03. The van der Waals surface area contributed by atoms with E-state index in [9.17, 15) is 4.79 Å². The van der Waals surface area contributed by atoms with E-state index < -0.39 is 0 Å². The summed E-state index contributed by atoms with van der Waals surface area (Å²) in [6.07, 6.45) is 1.83. The predicted molar refractivity (Wildman–Crippen MR) is 89.1 cm³/mol. The third-order valence-corrected chi connectivity index (χ3v) is 4.19. The zero-order chi connectivity index (χ0) is 15.9. The molecule has 22 heavy (non-hydrogen) atoms. The molecule has 0 radical (unpaired) electrons. The molecule has 6 heteroatoms. The number of pyridine rings is 1. The van der Waals surface area contributed by atoms with Crippen molar-refractivity contribution in [1.29, 1.82) is 0 Å². The fourth-order valence-corrected chi connectivity index (χ4v) is 2.67. The van der Waals surface area contributed by atoms with Crippen LogP contribution in [0.1, 0.15) is 21.7 Å². The van der Waals surface area contributed by atoms with Crippen molar-refractivity contribution < 1.29 is 4.79 Å². The van der Waals surface area contributed by atoms with Crippen LogP contribution in [0.2, 0.25) is 10.0 Å². The van der Waals surface area contributed by atoms with E-state index in [1.165, 1.54) is 0 Å². The van der Waals surface area contributed by atoms with Gasteiger partial charge in [-0.15, -0.1) is 0 Å². The number of rotatable bonds is 2. The SMILES string of the molecule is Cc1ccn2c(C(=O)Nc3cccc(Cl)c3Cl)c(C)nc2c1. The number of anilines is 1. The van der Waals surface area contributed by atoms with E-state index in [0.717, 1.165) is 11.2 Å². The molecule has 112 valence electrons. The number of aryl methyl sites for hydroxylation is 2. The van der Waals surface area contributed by atoms with E-state index in [1.54, 1.807) is 29.5 Å². The first-order valence-corrected chi connectivity index (χ1v) is 7.43. The molecule has 3 rings (SSSR count). The summed E-state index contributed by atoms with van der Waals surface area (Å²) in [5.74, 6) is -0.280. The highest BCUT2D eigenvalue weighted by Crippen LogP contribution is 2.30. The number of aromatic nitrogens is 2. The Morgan fingerprint density at radius 3 is 2.77 bits per heavy atom. The van der Waals surface area contributed by atoms with Crippen LogP contribution in [-0.4, -0.2) is 15.3 Å². The molecular formula is C16H13Cl2N3O. The number of carbonyl (C=O) groups excluding carboxylic acids is 1. The highest BCUT2D eigenvalue weighted by Gasteiger charge is 2.18. The summed E-state index contributed by atoms with van der Waals surface area (Å²) >= 11 is 12.1. The summed E-state index contributed by atoms with van der Waals surface area (Å²) in [6.45, 7) is 3.78. The number of nitrogens with zero attached hydrogens (tertiary/aromatic N) is 2. The molecule has 2 aromatic heterocycles. The normalized spacial score (nSPS) is 10.9. The van der Waals surface area contributed by atoms with Gasteiger partial charge in [0.1, 0.15) is 11.3 Å². The van der Waals surface area contributed by atoms with E-state index in [4.69, 9.17) is 23.2 Å². The molecule has 0 aliphatic carbocycles. The molecule has 0 spiro atoms. The average molecular weight is 334 g/mol. The molecule has 0 bridgehead atoms. The van der Waals surface area contributed by atoms with Crippen molar-refractivity contribution in [2.75, 3.05) is 5.32 Å². The summed E-state index contributed by atoms with van der Waals surface area (Å²) in [6, 6.07) is 8.96. The van der Waals surface area contributed by atoms with Crippen LogP contribution in [0.25, 0.3) is 5.65 Å². The molecule has 1 N–H and O–H groups in total. The van der Waals surface area contributed by atoms with Gasteiger partial charge in [-0.25, -0.2) is 4.98 Å². The van der Waals surface area contributed by atoms with Gasteiger partial charge in [0.25, 0.3) is 5.91 Å². The number of imidazole rings is 1. The molecule has 0 unspecified atom stereocenters. The molecule has 1 amide bonds. The molecule has 4 nitrogen and oxygen atoms in total. The minimum absolute atomic E-state index is 0.280. The summed E-state index contributed by atoms with van der Waals surface area (Å²) in [4.78, 5) is 17.0. The van der Waals surface area contributed by atoms with Crippen LogP contribution in [0.5, 0.6) is 0 Å². The Hall–Kier alpha value is -2.04. The van der Waals surface area contributed by atoms with Crippen molar-refractivity contribution in [3.05, 3.63) is 63.5 Å². The van der Waals surface area contributed by atoms with Gasteiger partial charge in [0, 0.05) is 6.20 Å². The summed E-state index contributed by atoms with van der Waals surface area (Å²) < 4.78 is 1.76. The molecule has 2 heterocycles. The second kappa shape index (κ2) is 5.63. The van der Waals surface area contributed by atoms with Crippen molar-refractivity contribution >= 4 is 40.4 Å². The van der Waals surface area contributed by atoms with E-state index in [2.05, 4.69) is 10.3 Å². The lowest BCUT2D eigenvalue weighted by Crippen LogP contribution is -2.16. The zero-order valence-electron chi connectivity index (χ0n) is 12.0. The summed E-state index contributed by atoms with van der Waals surface area (Å²) in [5, 5.41) is 3.50. The topological polar surface area (TPSA) is 46.4 Å². The number of amides is 1. The third kappa shape index (κ3) is 2.56. The molecule has 0 saturated heterocycles. The van der Waals surface area contributed by atoms with Crippen molar-refractivity contribution in [3.8, 4) is 0 Å². The number of carbonyl (C=O) groups is 1. The van der Waals surface area contributed by atoms with Crippen molar-refractivity contribution in [1.82, 2.24) is 9.38 Å². The van der Waals surface area contributed by atoms with Gasteiger partial charge in [0.2, 0.25) is 0 Å². The monoisotopic (exact) mass is 333 g/mol. The fourth-order valence-electron chi connectivity index (χ4n) is 2.32. The maximum atomic E-state index is 12.6. The van der Waals surface area contributed by atoms with Crippen LogP contribution in [-0.2, 0) is 0 Å². The lowest BCUT2D eigenvalue weighted by molar-refractivity contribution is 0.102. The Labute approximate surface area is 137 Å². The van der Waals surface area contributed by atoms with Crippen LogP contribution in [0.3, 0.4) is 0 Å². The average Bonchev–Trinajstić information content (AvgIpc) is 2.78. The van der Waals surface area contributed by atoms with Crippen molar-refractivity contribution in [3.63, 3.8) is 0 Å². The lowest BCUT2D eigenvalue weighted by Gasteiger charge is -2.08. The van der Waals surface area contributed by atoms with Crippen LogP contribution in [0.15, 0.2) is 36.5 Å². The van der Waals surface area contributed by atoms with Gasteiger partial charge in [-0.05, 0) is 43.7 Å². The molecule has 0 fully saturated rings. The minimum atomic E-state index is -0.280. The minimum Gasteiger partial charge on any atom is -0.319 e. The second-order valence-corrected chi connectivity index (χ2v) is 5.82. The maximum Gasteiger partial charge on any atom is 0.274 e. The van der Waals surface area contributed by atoms with E-state index in [0.29, 0.717) is 27.1 Å². The van der Waals surface area contributed by atoms with Crippen LogP contribution in [0.4, 0.5) is 5.69 Å². The van der Waals surface area contributed by atoms with E-state index in [-0.39, 0.29) is 5.91 Å². The highest BCUT2D eigenvalue weighted by molar-refractivity contribution is 6.44. The van der Waals surface area contributed by atoms with Gasteiger partial charge in [-0.1, -0.05) is 29.3 Å². The quantitative estimate of drug-likeness (QED) is 0.749. The summed E-state index contributed by atoms with van der Waals surface area (Å²) in [5.41, 5.74) is 3.43. The first-order chi connectivity index (χ1) is 10.5. The summed E-state index contributed by atoms with van der Waals surface area (Å²) in [7, 11) is 0. The van der Waals surface area contributed by atoms with Gasteiger partial charge in [-0.3, -0.25) is 9.20 Å². The Morgan fingerprint density at radius 2 is 2.00 bits per heavy atom. The molecule has 1 aromatic carbocycles. The van der Waals surface area contributed by atoms with Gasteiger partial charge < -0.3 is 5.32 Å². The molecule has 0 saturated carbocycles. The Morgan fingerprint density at radius 1 is 1.23 bits per heavy atom. The number of hydrogen-bond acceptors (Lipinski definition) is 2. The molecular weight excluding hydrogens is 321 g/mol. The molecule has 0 aliphatic rings. The first-order valence-electron chi connectivity index (χ1n) is 6.68. The fraction of sp³-hybridized carbons (Fsp3) is 0.125. The first kappa shape index (κ1) is 14.9. The Bertz CT molecular complexity index is 886. The Balaban J connectivity index is 2.02. The third-order valence-electron chi connectivity index (χ3n) is 3.37. The highest BCUT2D eigenvalue weighted by atomic mass is 35.5. The van der Waals surface area contributed by atoms with Crippen molar-refractivity contribution in [2.45, 2.75) is 13.8 Å². The lowest BCUT2D eigenvalue weighted by atomic mass is 10.2. The number of fused-ring (bicyclic) bond motifs is 1. The Kier molecular flexibility index (Phi) is 3.81. The number of nitrogens with one attached hydrogen (secondary N) is 1. The van der Waals surface area contributed by atoms with Gasteiger partial charge in [0.05, 0.1) is 21.4 Å². The van der Waals surface area contributed by atoms with Crippen LogP contribution >= 0.6 is 23.2 Å². The number of benzene rings is 1. The largest absolute Gasteiger partial charge is 0.319 e. The number of hydrogen-bond donors (Lipinski definition) is 1. The standard InChI is InChI=1S/C16H13Cl2N3O/c1-9-6-7-21-13(8-9)19-10(2)15(21)16(22)20-12-5-3-4-11(17)14(12)18/h3-8H,1-2H3,(H,20,22). The van der Waals surface area contributed by atoms with Gasteiger partial charge >= 0.3 is 0 Å². The smallest absolute Gasteiger partial charge is 0.274 e. The maximum absolute atomic E-state index is 12.6. The molecule has 3 aromatic rings. The predicted octanol–water partition coefficient (Wildman–Crippen LogP) is 4.51. The van der Waals surface area contributed by atoms with Crippen LogP contribution in [0, 0.1) is 13.8 Å². The van der Waals surface area contributed by atoms with Crippen molar-refractivity contribution in [2.24, 2.45) is 0 Å². The van der Waals surface area contributed by atoms with Crippen LogP contribution < -0.4 is 5.32 Å². The zero-order valence-corrected chi connectivity index (χ0v) is 13.5. The van der Waals surface area contributed by atoms with E-state index >= 15 is 0 Å². The van der Waals surface area contributed by atoms with Gasteiger partial charge in [0.15, 0.2) is 0 Å². The number of halogens is 2. The molecule has 0 atom stereocenters. The van der Waals surface area contributed by atoms with Gasteiger partial charge in [-0.2, -0.15) is 0 Å².